The molecule has 22 heteroatoms. The molecule has 2 rings (SSSR count). The Labute approximate surface area is 181 Å². The first-order valence-electron chi connectivity index (χ1n) is 7.81. The van der Waals surface area contributed by atoms with Gasteiger partial charge in [0.2, 0.25) is 4.77 Å². The van der Waals surface area contributed by atoms with Crippen molar-refractivity contribution in [3.8, 4) is 0 Å². The van der Waals surface area contributed by atoms with Crippen molar-refractivity contribution in [2.45, 2.75) is 24.1 Å². The molecular weight excluding hydrogens is 536 g/mol. The molecule has 7 N–H and O–H groups in total. The predicted octanol–water partition coefficient (Wildman–Crippen LogP) is 0.613. The molecule has 1 saturated heterocycles. The van der Waals surface area contributed by atoms with Crippen LogP contribution in [0.2, 0.25) is 0 Å². The molecule has 0 radical (unpaired) electrons. The van der Waals surface area contributed by atoms with Crippen molar-refractivity contribution in [1.29, 1.82) is 0 Å². The lowest BCUT2D eigenvalue weighted by atomic mass is 9.97. The maximum Gasteiger partial charge on any atom is 0.490 e. The Hall–Kier alpha value is -0.780. The van der Waals surface area contributed by atoms with Crippen molar-refractivity contribution in [2.24, 2.45) is 0 Å². The molecule has 0 amide bonds. The summed E-state index contributed by atoms with van der Waals surface area (Å²) in [5.74, 6) is -1.84. The maximum absolute atomic E-state index is 14.7. The van der Waals surface area contributed by atoms with Crippen molar-refractivity contribution in [3.63, 3.8) is 0 Å². The first-order valence-corrected chi connectivity index (χ1v) is 12.7. The standard InChI is InChI=1S/C10H15F3N3O12P3S/c11-3-10(17)6(13)5(26-8(10)16-1-4(12)7(14)15-9(16)32)2-25-30(21,22)28-31(23,24)27-29(18,19)20/h1,5-6,8,17H,2-3H2,(H,21,22)(H,23,24)(H2,14,15,32)(H2,18,19,20)/t5-,6+,8-,10?/m1/s1. The molecule has 6 atom stereocenters. The fourth-order valence-corrected chi connectivity index (χ4v) is 5.75. The van der Waals surface area contributed by atoms with Crippen molar-refractivity contribution in [3.05, 3.63) is 16.8 Å². The van der Waals surface area contributed by atoms with E-state index in [4.69, 9.17) is 37.4 Å². The third-order valence-corrected chi connectivity index (χ3v) is 7.86. The van der Waals surface area contributed by atoms with Gasteiger partial charge in [0.15, 0.2) is 29.6 Å². The van der Waals surface area contributed by atoms with Crippen LogP contribution in [0, 0.1) is 10.6 Å². The molecule has 0 spiro atoms. The molecule has 1 aromatic heterocycles. The van der Waals surface area contributed by atoms with Crippen LogP contribution in [-0.4, -0.2) is 65.4 Å². The third-order valence-electron chi connectivity index (χ3n) is 3.75. The van der Waals surface area contributed by atoms with E-state index in [9.17, 15) is 36.9 Å². The first-order chi connectivity index (χ1) is 14.4. The van der Waals surface area contributed by atoms with Crippen molar-refractivity contribution in [2.75, 3.05) is 19.0 Å². The highest BCUT2D eigenvalue weighted by atomic mass is 32.1. The Kier molecular flexibility index (Phi) is 8.12. The van der Waals surface area contributed by atoms with E-state index in [1.807, 2.05) is 0 Å². The van der Waals surface area contributed by atoms with Crippen molar-refractivity contribution >= 4 is 41.5 Å². The molecular formula is C10H15F3N3O12P3S. The lowest BCUT2D eigenvalue weighted by Gasteiger charge is -2.28. The number of nitrogens with zero attached hydrogens (tertiary/aromatic N) is 2. The van der Waals surface area contributed by atoms with Gasteiger partial charge in [0.25, 0.3) is 0 Å². The van der Waals surface area contributed by atoms with Gasteiger partial charge in [-0.3, -0.25) is 9.09 Å². The van der Waals surface area contributed by atoms with Gasteiger partial charge < -0.3 is 35.2 Å². The zero-order chi connectivity index (χ0) is 24.7. The van der Waals surface area contributed by atoms with E-state index >= 15 is 0 Å². The Balaban J connectivity index is 2.21. The summed E-state index contributed by atoms with van der Waals surface area (Å²) in [6, 6.07) is 0. The first kappa shape index (κ1) is 27.5. The zero-order valence-corrected chi connectivity index (χ0v) is 18.7. The number of ether oxygens (including phenoxy) is 1. The number of phosphoric acid groups is 3. The third kappa shape index (κ3) is 6.42. The zero-order valence-electron chi connectivity index (χ0n) is 15.2. The van der Waals surface area contributed by atoms with Gasteiger partial charge in [0.1, 0.15) is 12.8 Å². The monoisotopic (exact) mass is 551 g/mol. The summed E-state index contributed by atoms with van der Waals surface area (Å²) in [5, 5.41) is 10.3. The quantitative estimate of drug-likeness (QED) is 0.182. The van der Waals surface area contributed by atoms with Crippen LogP contribution in [0.25, 0.3) is 0 Å². The second-order valence-corrected chi connectivity index (χ2v) is 10.9. The number of hydrogen-bond donors (Lipinski definition) is 6. The van der Waals surface area contributed by atoms with E-state index in [1.165, 1.54) is 0 Å². The number of rotatable bonds is 9. The highest BCUT2D eigenvalue weighted by Crippen LogP contribution is 2.66. The number of nitrogen functional groups attached to an aromatic ring is 1. The van der Waals surface area contributed by atoms with Crippen LogP contribution in [-0.2, 0) is 31.6 Å². The summed E-state index contributed by atoms with van der Waals surface area (Å²) in [5.41, 5.74) is 2.19. The normalized spacial score (nSPS) is 30.1. The van der Waals surface area contributed by atoms with E-state index < -0.39 is 77.3 Å². The van der Waals surface area contributed by atoms with E-state index in [0.29, 0.717) is 10.8 Å². The number of alkyl halides is 2. The van der Waals surface area contributed by atoms with E-state index in [2.05, 4.69) is 18.1 Å². The molecule has 0 aromatic carbocycles. The van der Waals surface area contributed by atoms with E-state index in [0.717, 1.165) is 0 Å². The minimum atomic E-state index is -5.85. The summed E-state index contributed by atoms with van der Waals surface area (Å²) < 4.78 is 91.7. The van der Waals surface area contributed by atoms with E-state index in [1.54, 1.807) is 0 Å². The number of hydrogen-bond acceptors (Lipinski definition) is 11. The van der Waals surface area contributed by atoms with Gasteiger partial charge in [0, 0.05) is 6.20 Å². The molecule has 1 aromatic rings. The van der Waals surface area contributed by atoms with Crippen LogP contribution < -0.4 is 5.73 Å². The van der Waals surface area contributed by atoms with Gasteiger partial charge in [-0.25, -0.2) is 26.9 Å². The Morgan fingerprint density at radius 3 is 2.38 bits per heavy atom. The lowest BCUT2D eigenvalue weighted by molar-refractivity contribution is -0.112. The molecule has 1 fully saturated rings. The van der Waals surface area contributed by atoms with Crippen molar-refractivity contribution < 1.29 is 69.4 Å². The molecule has 2 heterocycles. The van der Waals surface area contributed by atoms with Crippen LogP contribution in [0.4, 0.5) is 19.0 Å². The minimum Gasteiger partial charge on any atom is -0.381 e. The molecule has 0 aliphatic carbocycles. The fourth-order valence-electron chi connectivity index (χ4n) is 2.48. The van der Waals surface area contributed by atoms with Gasteiger partial charge in [0.05, 0.1) is 6.61 Å². The number of anilines is 1. The van der Waals surface area contributed by atoms with Gasteiger partial charge in [-0.1, -0.05) is 0 Å². The van der Waals surface area contributed by atoms with Gasteiger partial charge in [-0.2, -0.15) is 13.6 Å². The molecule has 1 aliphatic rings. The highest BCUT2D eigenvalue weighted by molar-refractivity contribution is 7.71. The second kappa shape index (κ2) is 9.46. The molecule has 15 nitrogen and oxygen atoms in total. The molecule has 3 unspecified atom stereocenters. The molecule has 32 heavy (non-hydrogen) atoms. The van der Waals surface area contributed by atoms with E-state index in [-0.39, 0.29) is 0 Å². The highest BCUT2D eigenvalue weighted by Gasteiger charge is 2.58. The van der Waals surface area contributed by atoms with Crippen LogP contribution >= 0.6 is 35.7 Å². The van der Waals surface area contributed by atoms with Gasteiger partial charge in [-0.05, 0) is 12.2 Å². The second-order valence-electron chi connectivity index (χ2n) is 6.10. The lowest BCUT2D eigenvalue weighted by Crippen LogP contribution is -2.47. The molecule has 0 saturated carbocycles. The van der Waals surface area contributed by atoms with Gasteiger partial charge >= 0.3 is 23.5 Å². The Morgan fingerprint density at radius 1 is 1.25 bits per heavy atom. The van der Waals surface area contributed by atoms with Crippen LogP contribution in [0.1, 0.15) is 6.23 Å². The van der Waals surface area contributed by atoms with Crippen molar-refractivity contribution in [1.82, 2.24) is 9.55 Å². The van der Waals surface area contributed by atoms with Crippen LogP contribution in [0.5, 0.6) is 0 Å². The summed E-state index contributed by atoms with van der Waals surface area (Å²) >= 11 is 4.79. The van der Waals surface area contributed by atoms with Crippen LogP contribution in [0.15, 0.2) is 6.20 Å². The molecule has 184 valence electrons. The maximum atomic E-state index is 14.7. The summed E-state index contributed by atoms with van der Waals surface area (Å²) in [6.07, 6.45) is -6.29. The average molecular weight is 551 g/mol. The number of aromatic nitrogens is 2. The number of nitrogens with two attached hydrogens (primary N) is 1. The molecule has 1 aliphatic heterocycles. The number of aliphatic hydroxyl groups is 1. The van der Waals surface area contributed by atoms with Crippen LogP contribution in [0.3, 0.4) is 0 Å². The van der Waals surface area contributed by atoms with Gasteiger partial charge in [-0.15, -0.1) is 0 Å². The summed E-state index contributed by atoms with van der Waals surface area (Å²) in [7, 11) is -17.2. The minimum absolute atomic E-state index is 0.526. The predicted molar refractivity (Wildman–Crippen MR) is 97.0 cm³/mol. The SMILES string of the molecule is Nc1nc(=S)n([C@@H]2O[C@H](COP(=O)(O)OP(=O)(O)OP(=O)(O)O)[C@H](F)C2(O)CF)cc1F. The smallest absolute Gasteiger partial charge is 0.381 e. The summed E-state index contributed by atoms with van der Waals surface area (Å²) in [4.78, 5) is 38.8. The Morgan fingerprint density at radius 2 is 1.84 bits per heavy atom. The largest absolute Gasteiger partial charge is 0.490 e. The number of halogens is 3. The molecule has 0 bridgehead atoms. The Bertz CT molecular complexity index is 1070. The summed E-state index contributed by atoms with van der Waals surface area (Å²) in [6.45, 7) is -3.17. The topological polar surface area (TPSA) is 233 Å². The number of phosphoric ester groups is 1. The fraction of sp³-hybridized carbons (Fsp3) is 0.600. The average Bonchev–Trinajstić information content (AvgIpc) is 2.85.